The van der Waals surface area contributed by atoms with Gasteiger partial charge in [0.1, 0.15) is 0 Å². The second-order valence-electron chi connectivity index (χ2n) is 1.01. The SMILES string of the molecule is O=C(O)/C=C/C(=O)O.[Mg]. The van der Waals surface area contributed by atoms with Gasteiger partial charge in [-0.15, -0.1) is 0 Å². The smallest absolute Gasteiger partial charge is 0.328 e. The minimum atomic E-state index is -1.26. The van der Waals surface area contributed by atoms with E-state index in [1.165, 1.54) is 0 Å². The Morgan fingerprint density at radius 2 is 1.22 bits per heavy atom. The molecule has 0 aromatic rings. The van der Waals surface area contributed by atoms with Gasteiger partial charge in [-0.05, 0) is 0 Å². The molecule has 0 aromatic heterocycles. The average Bonchev–Trinajstić information content (AvgIpc) is 1.61. The predicted molar refractivity (Wildman–Crippen MR) is 30.2 cm³/mol. The first kappa shape index (κ1) is 11.3. The minimum Gasteiger partial charge on any atom is -0.478 e. The van der Waals surface area contributed by atoms with Crippen LogP contribution in [-0.4, -0.2) is 45.2 Å². The van der Waals surface area contributed by atoms with Crippen LogP contribution in [0.2, 0.25) is 0 Å². The molecule has 0 atom stereocenters. The molecule has 0 spiro atoms. The standard InChI is InChI=1S/C4H4O4.Mg/c5-3(6)1-2-4(7)8;/h1-2H,(H,5,6)(H,7,8);/b2-1+;. The van der Waals surface area contributed by atoms with E-state index in [9.17, 15) is 9.59 Å². The molecule has 0 saturated heterocycles. The van der Waals surface area contributed by atoms with Gasteiger partial charge in [0.25, 0.3) is 0 Å². The van der Waals surface area contributed by atoms with Gasteiger partial charge in [-0.3, -0.25) is 0 Å². The van der Waals surface area contributed by atoms with Crippen molar-refractivity contribution in [3.8, 4) is 0 Å². The fraction of sp³-hybridized carbons (Fsp3) is 0. The molecule has 46 valence electrons. The van der Waals surface area contributed by atoms with E-state index >= 15 is 0 Å². The summed E-state index contributed by atoms with van der Waals surface area (Å²) in [6.45, 7) is 0. The van der Waals surface area contributed by atoms with Crippen LogP contribution in [0.15, 0.2) is 12.2 Å². The zero-order chi connectivity index (χ0) is 6.57. The van der Waals surface area contributed by atoms with E-state index in [1.807, 2.05) is 0 Å². The van der Waals surface area contributed by atoms with Crippen molar-refractivity contribution in [2.45, 2.75) is 0 Å². The van der Waals surface area contributed by atoms with Gasteiger partial charge in [0.05, 0.1) is 0 Å². The lowest BCUT2D eigenvalue weighted by Crippen LogP contribution is -1.91. The van der Waals surface area contributed by atoms with Crippen molar-refractivity contribution < 1.29 is 19.8 Å². The zero-order valence-corrected chi connectivity index (χ0v) is 5.99. The van der Waals surface area contributed by atoms with Crippen LogP contribution in [0.1, 0.15) is 0 Å². The molecule has 0 fully saturated rings. The average molecular weight is 140 g/mol. The summed E-state index contributed by atoms with van der Waals surface area (Å²) in [4.78, 5) is 19.1. The molecule has 0 aliphatic rings. The summed E-state index contributed by atoms with van der Waals surface area (Å²) in [5, 5.41) is 15.6. The third kappa shape index (κ3) is 11.2. The van der Waals surface area contributed by atoms with Crippen LogP contribution < -0.4 is 0 Å². The third-order valence-corrected chi connectivity index (χ3v) is 0.368. The van der Waals surface area contributed by atoms with E-state index in [2.05, 4.69) is 0 Å². The molecule has 0 amide bonds. The number of hydrogen-bond acceptors (Lipinski definition) is 2. The first-order chi connectivity index (χ1) is 3.63. The Kier molecular flexibility index (Phi) is 6.99. The lowest BCUT2D eigenvalue weighted by molar-refractivity contribution is -0.134. The number of aliphatic carboxylic acids is 2. The van der Waals surface area contributed by atoms with Crippen molar-refractivity contribution in [2.75, 3.05) is 0 Å². The Morgan fingerprint density at radius 3 is 1.33 bits per heavy atom. The molecule has 0 saturated carbocycles. The fourth-order valence-electron chi connectivity index (χ4n) is 0.143. The van der Waals surface area contributed by atoms with Crippen LogP contribution in [0.5, 0.6) is 0 Å². The highest BCUT2D eigenvalue weighted by Gasteiger charge is 1.88. The monoisotopic (exact) mass is 140 g/mol. The van der Waals surface area contributed by atoms with Gasteiger partial charge >= 0.3 is 11.9 Å². The lowest BCUT2D eigenvalue weighted by Gasteiger charge is -1.74. The van der Waals surface area contributed by atoms with Crippen molar-refractivity contribution >= 4 is 35.0 Å². The van der Waals surface area contributed by atoms with Crippen molar-refractivity contribution in [3.05, 3.63) is 12.2 Å². The fourth-order valence-corrected chi connectivity index (χ4v) is 0.143. The van der Waals surface area contributed by atoms with E-state index in [-0.39, 0.29) is 23.1 Å². The van der Waals surface area contributed by atoms with Crippen molar-refractivity contribution in [2.24, 2.45) is 0 Å². The summed E-state index contributed by atoms with van der Waals surface area (Å²) in [7, 11) is 0. The van der Waals surface area contributed by atoms with Crippen LogP contribution >= 0.6 is 0 Å². The normalized spacial score (nSPS) is 8.44. The van der Waals surface area contributed by atoms with Gasteiger partial charge in [-0.2, -0.15) is 0 Å². The van der Waals surface area contributed by atoms with Crippen LogP contribution in [0.4, 0.5) is 0 Å². The molecular weight excluding hydrogens is 136 g/mol. The summed E-state index contributed by atoms with van der Waals surface area (Å²) in [6.07, 6.45) is 1.12. The zero-order valence-electron chi connectivity index (χ0n) is 4.57. The largest absolute Gasteiger partial charge is 0.478 e. The van der Waals surface area contributed by atoms with Crippen LogP contribution in [0, 0.1) is 0 Å². The molecule has 0 bridgehead atoms. The maximum absolute atomic E-state index is 9.55. The van der Waals surface area contributed by atoms with Crippen molar-refractivity contribution in [3.63, 3.8) is 0 Å². The topological polar surface area (TPSA) is 74.6 Å². The molecule has 0 unspecified atom stereocenters. The van der Waals surface area contributed by atoms with E-state index in [0.29, 0.717) is 12.2 Å². The van der Waals surface area contributed by atoms with E-state index < -0.39 is 11.9 Å². The maximum Gasteiger partial charge on any atom is 0.328 e. The van der Waals surface area contributed by atoms with Gasteiger partial charge < -0.3 is 10.2 Å². The molecule has 0 rings (SSSR count). The van der Waals surface area contributed by atoms with Gasteiger partial charge in [-0.1, -0.05) is 0 Å². The molecule has 0 aliphatic heterocycles. The van der Waals surface area contributed by atoms with Crippen molar-refractivity contribution in [1.82, 2.24) is 0 Å². The number of hydrogen-bond donors (Lipinski definition) is 2. The first-order valence-electron chi connectivity index (χ1n) is 1.77. The van der Waals surface area contributed by atoms with Crippen molar-refractivity contribution in [1.29, 1.82) is 0 Å². The molecule has 4 nitrogen and oxygen atoms in total. The molecule has 2 N–H and O–H groups in total. The summed E-state index contributed by atoms with van der Waals surface area (Å²) in [5.74, 6) is -2.51. The number of carboxylic acid groups (broad SMARTS) is 2. The molecule has 0 aliphatic carbocycles. The van der Waals surface area contributed by atoms with Gasteiger partial charge in [-0.25, -0.2) is 9.59 Å². The second kappa shape index (κ2) is 5.58. The molecule has 5 heteroatoms. The first-order valence-corrected chi connectivity index (χ1v) is 1.77. The Morgan fingerprint density at radius 1 is 1.00 bits per heavy atom. The Labute approximate surface area is 67.3 Å². The molecule has 0 aromatic carbocycles. The highest BCUT2D eigenvalue weighted by atomic mass is 24.3. The quantitative estimate of drug-likeness (QED) is 0.394. The van der Waals surface area contributed by atoms with Crippen LogP contribution in [-0.2, 0) is 9.59 Å². The highest BCUT2D eigenvalue weighted by molar-refractivity contribution is 5.89. The Balaban J connectivity index is 0. The van der Waals surface area contributed by atoms with Gasteiger partial charge in [0, 0.05) is 35.2 Å². The molecular formula is C4H4MgO4. The van der Waals surface area contributed by atoms with E-state index in [0.717, 1.165) is 0 Å². The lowest BCUT2D eigenvalue weighted by atomic mass is 10.5. The molecule has 2 radical (unpaired) electrons. The van der Waals surface area contributed by atoms with Crippen LogP contribution in [0.3, 0.4) is 0 Å². The van der Waals surface area contributed by atoms with Gasteiger partial charge in [0.2, 0.25) is 0 Å². The summed E-state index contributed by atoms with van der Waals surface area (Å²) < 4.78 is 0. The highest BCUT2D eigenvalue weighted by Crippen LogP contribution is 1.70. The minimum absolute atomic E-state index is 0. The van der Waals surface area contributed by atoms with Gasteiger partial charge in [0.15, 0.2) is 0 Å². The van der Waals surface area contributed by atoms with Crippen LogP contribution in [0.25, 0.3) is 0 Å². The number of carbonyl (C=O) groups is 2. The third-order valence-electron chi connectivity index (χ3n) is 0.368. The Bertz CT molecular complexity index is 124. The molecule has 0 heterocycles. The maximum atomic E-state index is 9.55. The van der Waals surface area contributed by atoms with E-state index in [4.69, 9.17) is 10.2 Å². The summed E-state index contributed by atoms with van der Waals surface area (Å²) >= 11 is 0. The number of rotatable bonds is 2. The number of carboxylic acids is 2. The second-order valence-corrected chi connectivity index (χ2v) is 1.01. The summed E-state index contributed by atoms with van der Waals surface area (Å²) in [6, 6.07) is 0. The molecule has 9 heavy (non-hydrogen) atoms. The Hall–Kier alpha value is -0.554. The van der Waals surface area contributed by atoms with E-state index in [1.54, 1.807) is 0 Å². The predicted octanol–water partition coefficient (Wildman–Crippen LogP) is -0.669. The summed E-state index contributed by atoms with van der Waals surface area (Å²) in [5.41, 5.74) is 0.